The number of nitrogens with one attached hydrogen (secondary N) is 1. The molecular formula is C16H19BrCl2NO5SSi-. The summed E-state index contributed by atoms with van der Waals surface area (Å²) in [5, 5.41) is 11.5. The Morgan fingerprint density at radius 2 is 2.07 bits per heavy atom. The van der Waals surface area contributed by atoms with E-state index in [2.05, 4.69) is 20.7 Å². The highest BCUT2D eigenvalue weighted by Crippen LogP contribution is 2.50. The first-order valence-electron chi connectivity index (χ1n) is 7.96. The molecular weight excluding hydrogens is 497 g/mol. The van der Waals surface area contributed by atoms with Crippen molar-refractivity contribution in [2.24, 2.45) is 0 Å². The van der Waals surface area contributed by atoms with Crippen LogP contribution in [-0.4, -0.2) is 28.7 Å². The minimum absolute atomic E-state index is 0.151. The van der Waals surface area contributed by atoms with Gasteiger partial charge in [-0.1, -0.05) is 39.1 Å². The number of furan rings is 1. The van der Waals surface area contributed by atoms with Crippen molar-refractivity contribution in [2.45, 2.75) is 30.9 Å². The maximum absolute atomic E-state index is 10.8. The molecule has 0 radical (unpaired) electrons. The molecule has 0 saturated heterocycles. The molecule has 2 rings (SSSR count). The molecule has 0 aliphatic rings. The van der Waals surface area contributed by atoms with Gasteiger partial charge in [0.15, 0.2) is 17.3 Å². The second-order valence-electron chi connectivity index (χ2n) is 6.70. The lowest BCUT2D eigenvalue weighted by molar-refractivity contribution is 0.438. The van der Waals surface area contributed by atoms with Gasteiger partial charge in [0.25, 0.3) is 0 Å². The van der Waals surface area contributed by atoms with E-state index in [4.69, 9.17) is 32.0 Å². The Hall–Kier alpha value is -0.553. The second-order valence-corrected chi connectivity index (χ2v) is 13.8. The molecule has 2 N–H and O–H groups in total. The fourth-order valence-electron chi connectivity index (χ4n) is 2.29. The minimum Gasteiger partial charge on any atom is -0.760 e. The lowest BCUT2D eigenvalue weighted by Crippen LogP contribution is -2.29. The first kappa shape index (κ1) is 22.7. The molecule has 0 bridgehead atoms. The summed E-state index contributed by atoms with van der Waals surface area (Å²) in [6.07, 6.45) is 0.386. The van der Waals surface area contributed by atoms with Gasteiger partial charge in [-0.3, -0.25) is 4.21 Å². The summed E-state index contributed by atoms with van der Waals surface area (Å²) in [6.45, 7) is 6.12. The van der Waals surface area contributed by atoms with E-state index in [1.807, 2.05) is 19.6 Å². The van der Waals surface area contributed by atoms with Crippen LogP contribution in [0.3, 0.4) is 0 Å². The average Bonchev–Trinajstić information content (AvgIpc) is 2.82. The predicted molar refractivity (Wildman–Crippen MR) is 113 cm³/mol. The van der Waals surface area contributed by atoms with Crippen molar-refractivity contribution >= 4 is 58.7 Å². The van der Waals surface area contributed by atoms with Crippen LogP contribution in [0.15, 0.2) is 22.6 Å². The molecule has 0 fully saturated rings. The van der Waals surface area contributed by atoms with Crippen LogP contribution in [0.25, 0.3) is 11.3 Å². The highest BCUT2D eigenvalue weighted by Gasteiger charge is 2.31. The highest BCUT2D eigenvalue weighted by atomic mass is 79.9. The van der Waals surface area contributed by atoms with E-state index in [9.17, 15) is 13.9 Å². The zero-order valence-corrected chi connectivity index (χ0v) is 19.8. The van der Waals surface area contributed by atoms with Gasteiger partial charge in [0.2, 0.25) is 14.1 Å². The first-order chi connectivity index (χ1) is 12.5. The summed E-state index contributed by atoms with van der Waals surface area (Å²) in [7, 11) is -2.08. The van der Waals surface area contributed by atoms with Gasteiger partial charge in [0, 0.05) is 28.4 Å². The second kappa shape index (κ2) is 9.30. The number of hydrogen-bond acceptors (Lipinski definition) is 5. The van der Waals surface area contributed by atoms with E-state index in [0.29, 0.717) is 27.8 Å². The van der Waals surface area contributed by atoms with Crippen molar-refractivity contribution in [2.75, 3.05) is 6.54 Å². The predicted octanol–water partition coefficient (Wildman–Crippen LogP) is 5.38. The molecule has 0 aliphatic heterocycles. The Balaban J connectivity index is 2.46. The van der Waals surface area contributed by atoms with Gasteiger partial charge >= 0.3 is 0 Å². The molecule has 1 aromatic heterocycles. The Kier molecular flexibility index (Phi) is 7.83. The van der Waals surface area contributed by atoms with E-state index in [1.165, 1.54) is 0 Å². The summed E-state index contributed by atoms with van der Waals surface area (Å²) >= 11 is 13.3. The van der Waals surface area contributed by atoms with Crippen LogP contribution in [-0.2, 0) is 11.3 Å². The van der Waals surface area contributed by atoms with Gasteiger partial charge in [-0.2, -0.15) is 0 Å². The fourth-order valence-corrected chi connectivity index (χ4v) is 4.41. The summed E-state index contributed by atoms with van der Waals surface area (Å²) in [6, 6.07) is 4.84. The number of benzene rings is 1. The van der Waals surface area contributed by atoms with E-state index < -0.39 is 19.6 Å². The number of alkyl halides is 1. The van der Waals surface area contributed by atoms with Crippen LogP contribution in [0, 0.1) is 0 Å². The number of hydrogen-bond donors (Lipinski definition) is 2. The molecule has 6 nitrogen and oxygen atoms in total. The van der Waals surface area contributed by atoms with Crippen LogP contribution in [0.5, 0.6) is 11.5 Å². The Labute approximate surface area is 179 Å². The maximum atomic E-state index is 10.8. The molecule has 27 heavy (non-hydrogen) atoms. The summed E-state index contributed by atoms with van der Waals surface area (Å²) < 4.78 is 35.5. The normalized spacial score (nSPS) is 14.2. The lowest BCUT2D eigenvalue weighted by atomic mass is 10.1. The third kappa shape index (κ3) is 6.21. The van der Waals surface area contributed by atoms with Gasteiger partial charge in [-0.05, 0) is 44.3 Å². The zero-order chi connectivity index (χ0) is 20.4. The monoisotopic (exact) mass is 514 g/mol. The van der Waals surface area contributed by atoms with Gasteiger partial charge in [0.05, 0.1) is 9.85 Å². The van der Waals surface area contributed by atoms with E-state index >= 15 is 0 Å². The van der Waals surface area contributed by atoms with Crippen molar-refractivity contribution in [3.05, 3.63) is 34.0 Å². The van der Waals surface area contributed by atoms with Crippen molar-refractivity contribution in [3.8, 4) is 22.8 Å². The Bertz CT molecular complexity index is 843. The Morgan fingerprint density at radius 1 is 1.41 bits per heavy atom. The highest BCUT2D eigenvalue weighted by molar-refractivity contribution is 9.09. The van der Waals surface area contributed by atoms with E-state index in [0.717, 1.165) is 0 Å². The standard InChI is InChI=1S/C16H20BrCl2NO5SSi/c1-27(2,3)25-16-13(21)14(10-5-4-9(18)8-12(10)19)24-15(16)11(17)6-7-20-26(22)23/h4-5,8,11,20-21H,6-7H2,1-3H3,(H,22,23)/p-1. The molecule has 0 saturated carbocycles. The van der Waals surface area contributed by atoms with Gasteiger partial charge in [-0.25, -0.2) is 4.72 Å². The summed E-state index contributed by atoms with van der Waals surface area (Å²) in [5.74, 6) is 0.626. The van der Waals surface area contributed by atoms with Crippen molar-refractivity contribution in [1.82, 2.24) is 4.72 Å². The third-order valence-electron chi connectivity index (χ3n) is 3.35. The molecule has 0 amide bonds. The molecule has 2 atom stereocenters. The molecule has 2 aromatic rings. The minimum atomic E-state index is -2.35. The van der Waals surface area contributed by atoms with Crippen LogP contribution in [0.1, 0.15) is 17.0 Å². The van der Waals surface area contributed by atoms with Crippen molar-refractivity contribution < 1.29 is 22.7 Å². The summed E-state index contributed by atoms with van der Waals surface area (Å²) in [4.78, 5) is -0.384. The Morgan fingerprint density at radius 3 is 2.63 bits per heavy atom. The quantitative estimate of drug-likeness (QED) is 0.279. The van der Waals surface area contributed by atoms with Crippen LogP contribution in [0.2, 0.25) is 29.7 Å². The molecule has 0 aliphatic carbocycles. The fraction of sp³-hybridized carbons (Fsp3) is 0.375. The van der Waals surface area contributed by atoms with Crippen LogP contribution in [0.4, 0.5) is 0 Å². The molecule has 2 unspecified atom stereocenters. The summed E-state index contributed by atoms with van der Waals surface area (Å²) in [5.41, 5.74) is 0.476. The van der Waals surface area contributed by atoms with E-state index in [1.54, 1.807) is 18.2 Å². The van der Waals surface area contributed by atoms with Gasteiger partial charge < -0.3 is 18.5 Å². The molecule has 0 spiro atoms. The lowest BCUT2D eigenvalue weighted by Gasteiger charge is -2.20. The van der Waals surface area contributed by atoms with Crippen LogP contribution < -0.4 is 9.15 Å². The number of halogens is 3. The number of aromatic hydroxyl groups is 1. The SMILES string of the molecule is C[Si](C)(C)Oc1c(C(Br)CCNS(=O)[O-])oc(-c2ccc(Cl)cc2Cl)c1O. The van der Waals surface area contributed by atoms with Crippen molar-refractivity contribution in [3.63, 3.8) is 0 Å². The topological polar surface area (TPSA) is 94.8 Å². The maximum Gasteiger partial charge on any atom is 0.242 e. The first-order valence-corrected chi connectivity index (χ1v) is 14.1. The van der Waals surface area contributed by atoms with Crippen LogP contribution >= 0.6 is 39.1 Å². The van der Waals surface area contributed by atoms with Crippen molar-refractivity contribution in [1.29, 1.82) is 0 Å². The largest absolute Gasteiger partial charge is 0.760 e. The molecule has 1 aromatic carbocycles. The molecule has 11 heteroatoms. The van der Waals surface area contributed by atoms with E-state index in [-0.39, 0.29) is 28.6 Å². The smallest absolute Gasteiger partial charge is 0.242 e. The number of rotatable bonds is 8. The zero-order valence-electron chi connectivity index (χ0n) is 14.8. The third-order valence-corrected chi connectivity index (χ3v) is 6.03. The average molecular weight is 516 g/mol. The molecule has 150 valence electrons. The van der Waals surface area contributed by atoms with Gasteiger partial charge in [-0.15, -0.1) is 0 Å². The molecule has 1 heterocycles. The van der Waals surface area contributed by atoms with Gasteiger partial charge in [0.1, 0.15) is 0 Å².